The number of hydrogen-bond acceptors (Lipinski definition) is 5. The lowest BCUT2D eigenvalue weighted by molar-refractivity contribution is -0.142. The van der Waals surface area contributed by atoms with Crippen LogP contribution in [0.3, 0.4) is 0 Å². The lowest BCUT2D eigenvalue weighted by Gasteiger charge is -2.05. The number of rotatable bonds is 7. The maximum absolute atomic E-state index is 11.3. The molecule has 18 heavy (non-hydrogen) atoms. The second kappa shape index (κ2) is 7.28. The van der Waals surface area contributed by atoms with Crippen molar-refractivity contribution in [1.29, 1.82) is 0 Å². The van der Waals surface area contributed by atoms with Gasteiger partial charge < -0.3 is 24.9 Å². The summed E-state index contributed by atoms with van der Waals surface area (Å²) in [5, 5.41) is 13.3. The molecule has 8 heteroatoms. The highest BCUT2D eigenvalue weighted by Crippen LogP contribution is 2.00. The van der Waals surface area contributed by atoms with Crippen LogP contribution < -0.4 is 10.6 Å². The Bertz CT molecular complexity index is 404. The van der Waals surface area contributed by atoms with Gasteiger partial charge in [0.15, 0.2) is 0 Å². The quantitative estimate of drug-likeness (QED) is 0.587. The molecule has 0 radical (unpaired) electrons. The normalized spacial score (nSPS) is 10.1. The van der Waals surface area contributed by atoms with E-state index in [0.717, 1.165) is 0 Å². The molecule has 1 rings (SSSR count). The van der Waals surface area contributed by atoms with Crippen molar-refractivity contribution in [2.45, 2.75) is 13.5 Å². The third-order valence-electron chi connectivity index (χ3n) is 1.83. The zero-order valence-corrected chi connectivity index (χ0v) is 9.93. The number of carboxylic acid groups (broad SMARTS) is 1. The largest absolute Gasteiger partial charge is 0.480 e. The fourth-order valence-electron chi connectivity index (χ4n) is 1.10. The number of urea groups is 1. The van der Waals surface area contributed by atoms with Crippen LogP contribution in [0.25, 0.3) is 0 Å². The first-order valence-electron chi connectivity index (χ1n) is 5.30. The SMILES string of the molecule is Cc1cnc(CNC(=O)NCCOCC(=O)O)o1. The molecule has 1 heterocycles. The summed E-state index contributed by atoms with van der Waals surface area (Å²) in [4.78, 5) is 25.3. The molecule has 0 atom stereocenters. The van der Waals surface area contributed by atoms with Crippen LogP contribution in [0.1, 0.15) is 11.7 Å². The molecule has 0 aliphatic heterocycles. The lowest BCUT2D eigenvalue weighted by atomic mass is 10.6. The van der Waals surface area contributed by atoms with Crippen LogP contribution >= 0.6 is 0 Å². The standard InChI is InChI=1S/C10H15N3O5/c1-7-4-12-8(18-7)5-13-10(16)11-2-3-17-6-9(14)15/h4H,2-3,5-6H2,1H3,(H,14,15)(H2,11,13,16). The Kier molecular flexibility index (Phi) is 5.65. The number of amides is 2. The lowest BCUT2D eigenvalue weighted by Crippen LogP contribution is -2.37. The van der Waals surface area contributed by atoms with Crippen LogP contribution in [0.2, 0.25) is 0 Å². The van der Waals surface area contributed by atoms with Crippen molar-refractivity contribution in [1.82, 2.24) is 15.6 Å². The first-order valence-corrected chi connectivity index (χ1v) is 5.30. The van der Waals surface area contributed by atoms with Gasteiger partial charge in [0.25, 0.3) is 0 Å². The van der Waals surface area contributed by atoms with Crippen LogP contribution in [0.15, 0.2) is 10.6 Å². The predicted octanol–water partition coefficient (Wildman–Crippen LogP) is -0.117. The maximum atomic E-state index is 11.3. The van der Waals surface area contributed by atoms with Gasteiger partial charge in [0.1, 0.15) is 12.4 Å². The van der Waals surface area contributed by atoms with E-state index in [9.17, 15) is 9.59 Å². The van der Waals surface area contributed by atoms with Gasteiger partial charge >= 0.3 is 12.0 Å². The molecule has 1 aromatic rings. The van der Waals surface area contributed by atoms with Crippen molar-refractivity contribution in [3.8, 4) is 0 Å². The number of aryl methyl sites for hydroxylation is 1. The van der Waals surface area contributed by atoms with Crippen LogP contribution in [0, 0.1) is 6.92 Å². The van der Waals surface area contributed by atoms with Gasteiger partial charge in [-0.15, -0.1) is 0 Å². The topological polar surface area (TPSA) is 114 Å². The number of aromatic nitrogens is 1. The van der Waals surface area contributed by atoms with E-state index in [1.807, 2.05) is 0 Å². The molecule has 0 saturated heterocycles. The number of oxazole rings is 1. The van der Waals surface area contributed by atoms with E-state index < -0.39 is 12.0 Å². The molecule has 0 aliphatic rings. The average Bonchev–Trinajstić information content (AvgIpc) is 2.71. The molecule has 3 N–H and O–H groups in total. The second-order valence-electron chi connectivity index (χ2n) is 3.42. The van der Waals surface area contributed by atoms with Crippen molar-refractivity contribution in [2.24, 2.45) is 0 Å². The third kappa shape index (κ3) is 5.85. The zero-order chi connectivity index (χ0) is 13.4. The fraction of sp³-hybridized carbons (Fsp3) is 0.500. The fourth-order valence-corrected chi connectivity index (χ4v) is 1.10. The van der Waals surface area contributed by atoms with E-state index >= 15 is 0 Å². The highest BCUT2D eigenvalue weighted by Gasteiger charge is 2.04. The molecule has 0 fully saturated rings. The van der Waals surface area contributed by atoms with Crippen LogP contribution in [-0.2, 0) is 16.1 Å². The molecule has 0 unspecified atom stereocenters. The predicted molar refractivity (Wildman–Crippen MR) is 59.9 cm³/mol. The summed E-state index contributed by atoms with van der Waals surface area (Å²) in [7, 11) is 0. The molecule has 0 aromatic carbocycles. The van der Waals surface area contributed by atoms with Crippen molar-refractivity contribution < 1.29 is 23.8 Å². The molecule has 2 amide bonds. The molecule has 0 spiro atoms. The Morgan fingerprint density at radius 1 is 1.50 bits per heavy atom. The molecular formula is C10H15N3O5. The van der Waals surface area contributed by atoms with Gasteiger partial charge in [0.05, 0.1) is 19.3 Å². The first-order chi connectivity index (χ1) is 8.58. The Morgan fingerprint density at radius 2 is 2.28 bits per heavy atom. The number of nitrogens with zero attached hydrogens (tertiary/aromatic N) is 1. The zero-order valence-electron chi connectivity index (χ0n) is 9.93. The first kappa shape index (κ1) is 14.0. The summed E-state index contributed by atoms with van der Waals surface area (Å²) in [5.74, 6) is 0.0535. The van der Waals surface area contributed by atoms with Crippen LogP contribution in [0.4, 0.5) is 4.79 Å². The Balaban J connectivity index is 2.05. The molecule has 1 aromatic heterocycles. The van der Waals surface area contributed by atoms with Crippen LogP contribution in [-0.4, -0.2) is 41.8 Å². The van der Waals surface area contributed by atoms with E-state index in [1.165, 1.54) is 0 Å². The van der Waals surface area contributed by atoms with Crippen molar-refractivity contribution in [3.63, 3.8) is 0 Å². The van der Waals surface area contributed by atoms with Crippen molar-refractivity contribution in [2.75, 3.05) is 19.8 Å². The molecular weight excluding hydrogens is 242 g/mol. The number of ether oxygens (including phenoxy) is 1. The minimum Gasteiger partial charge on any atom is -0.480 e. The monoisotopic (exact) mass is 257 g/mol. The number of carbonyl (C=O) groups is 2. The van der Waals surface area contributed by atoms with E-state index in [-0.39, 0.29) is 26.3 Å². The molecule has 0 bridgehead atoms. The summed E-state index contributed by atoms with van der Waals surface area (Å²) >= 11 is 0. The summed E-state index contributed by atoms with van der Waals surface area (Å²) in [6.45, 7) is 1.94. The maximum Gasteiger partial charge on any atom is 0.329 e. The average molecular weight is 257 g/mol. The van der Waals surface area contributed by atoms with E-state index in [1.54, 1.807) is 13.1 Å². The highest BCUT2D eigenvalue weighted by atomic mass is 16.5. The van der Waals surface area contributed by atoms with Gasteiger partial charge in [-0.05, 0) is 6.92 Å². The van der Waals surface area contributed by atoms with Gasteiger partial charge in [0, 0.05) is 6.54 Å². The van der Waals surface area contributed by atoms with Crippen molar-refractivity contribution >= 4 is 12.0 Å². The number of nitrogens with one attached hydrogen (secondary N) is 2. The van der Waals surface area contributed by atoms with Gasteiger partial charge in [-0.2, -0.15) is 0 Å². The number of aliphatic carboxylic acids is 1. The molecule has 100 valence electrons. The Morgan fingerprint density at radius 3 is 2.89 bits per heavy atom. The van der Waals surface area contributed by atoms with Gasteiger partial charge in [-0.3, -0.25) is 0 Å². The third-order valence-corrected chi connectivity index (χ3v) is 1.83. The second-order valence-corrected chi connectivity index (χ2v) is 3.42. The van der Waals surface area contributed by atoms with E-state index in [2.05, 4.69) is 15.6 Å². The molecule has 0 saturated carbocycles. The Labute approximate surface area is 103 Å². The van der Waals surface area contributed by atoms with Crippen molar-refractivity contribution in [3.05, 3.63) is 17.8 Å². The van der Waals surface area contributed by atoms with E-state index in [4.69, 9.17) is 14.3 Å². The van der Waals surface area contributed by atoms with Gasteiger partial charge in [-0.1, -0.05) is 0 Å². The minimum atomic E-state index is -1.04. The molecule has 0 aliphatic carbocycles. The number of carboxylic acids is 1. The minimum absolute atomic E-state index is 0.137. The van der Waals surface area contributed by atoms with E-state index in [0.29, 0.717) is 11.7 Å². The molecule has 8 nitrogen and oxygen atoms in total. The smallest absolute Gasteiger partial charge is 0.329 e. The Hall–Kier alpha value is -2.09. The number of carbonyl (C=O) groups excluding carboxylic acids is 1. The number of hydrogen-bond donors (Lipinski definition) is 3. The summed E-state index contributed by atoms with van der Waals surface area (Å²) in [6.07, 6.45) is 1.56. The summed E-state index contributed by atoms with van der Waals surface area (Å²) in [6, 6.07) is -0.398. The van der Waals surface area contributed by atoms with Crippen LogP contribution in [0.5, 0.6) is 0 Å². The van der Waals surface area contributed by atoms with Gasteiger partial charge in [-0.25, -0.2) is 14.6 Å². The van der Waals surface area contributed by atoms with Gasteiger partial charge in [0.2, 0.25) is 5.89 Å². The summed E-state index contributed by atoms with van der Waals surface area (Å²) in [5.41, 5.74) is 0. The highest BCUT2D eigenvalue weighted by molar-refractivity contribution is 5.73. The summed E-state index contributed by atoms with van der Waals surface area (Å²) < 4.78 is 9.90.